The summed E-state index contributed by atoms with van der Waals surface area (Å²) in [5.74, 6) is 0.333. The van der Waals surface area contributed by atoms with Crippen molar-refractivity contribution < 1.29 is 14.3 Å². The summed E-state index contributed by atoms with van der Waals surface area (Å²) in [5.41, 5.74) is 4.24. The largest absolute Gasteiger partial charge is 0.377 e. The normalized spacial score (nSPS) is 20.8. The minimum absolute atomic E-state index is 0.0680. The van der Waals surface area contributed by atoms with Gasteiger partial charge in [-0.15, -0.1) is 0 Å². The number of ether oxygens (including phenoxy) is 1. The van der Waals surface area contributed by atoms with Crippen LogP contribution in [0.4, 0.5) is 11.4 Å². The van der Waals surface area contributed by atoms with Crippen molar-refractivity contribution in [1.29, 1.82) is 0 Å². The highest BCUT2D eigenvalue weighted by molar-refractivity contribution is 6.09. The number of aromatic nitrogens is 6. The Morgan fingerprint density at radius 3 is 2.69 bits per heavy atom. The van der Waals surface area contributed by atoms with Crippen molar-refractivity contribution in [2.45, 2.75) is 38.3 Å². The molecule has 12 nitrogen and oxygen atoms in total. The molecule has 2 amide bonds. The van der Waals surface area contributed by atoms with Crippen LogP contribution in [0.5, 0.6) is 0 Å². The number of rotatable bonds is 7. The summed E-state index contributed by atoms with van der Waals surface area (Å²) in [6.45, 7) is 4.51. The van der Waals surface area contributed by atoms with Crippen molar-refractivity contribution in [1.82, 2.24) is 34.3 Å². The van der Waals surface area contributed by atoms with Crippen LogP contribution in [-0.4, -0.2) is 78.4 Å². The second kappa shape index (κ2) is 9.54. The van der Waals surface area contributed by atoms with Crippen molar-refractivity contribution in [3.63, 3.8) is 0 Å². The number of hydrogen-bond acceptors (Lipinski definition) is 8. The summed E-state index contributed by atoms with van der Waals surface area (Å²) >= 11 is 0. The predicted octanol–water partition coefficient (Wildman–Crippen LogP) is 2.54. The van der Waals surface area contributed by atoms with E-state index in [1.807, 2.05) is 17.8 Å². The Morgan fingerprint density at radius 2 is 1.92 bits per heavy atom. The van der Waals surface area contributed by atoms with Gasteiger partial charge in [0.2, 0.25) is 5.91 Å². The Hall–Kier alpha value is -4.16. The minimum Gasteiger partial charge on any atom is -0.377 e. The van der Waals surface area contributed by atoms with Gasteiger partial charge in [-0.25, -0.2) is 4.52 Å². The van der Waals surface area contributed by atoms with Crippen molar-refractivity contribution >= 4 is 28.7 Å². The van der Waals surface area contributed by atoms with E-state index in [0.717, 1.165) is 18.0 Å². The molecule has 0 radical (unpaired) electrons. The van der Waals surface area contributed by atoms with E-state index in [-0.39, 0.29) is 17.9 Å². The molecule has 2 aliphatic heterocycles. The highest BCUT2D eigenvalue weighted by Crippen LogP contribution is 2.37. The van der Waals surface area contributed by atoms with Crippen LogP contribution in [0, 0.1) is 12.8 Å². The molecule has 0 spiro atoms. The van der Waals surface area contributed by atoms with Crippen molar-refractivity contribution in [3.8, 4) is 11.3 Å². The highest BCUT2D eigenvalue weighted by atomic mass is 16.5. The molecule has 12 heteroatoms. The van der Waals surface area contributed by atoms with Crippen molar-refractivity contribution in [3.05, 3.63) is 54.5 Å². The fourth-order valence-corrected chi connectivity index (χ4v) is 5.78. The zero-order chi connectivity index (χ0) is 26.5. The number of fused-ring (bicyclic) bond motifs is 3. The van der Waals surface area contributed by atoms with Gasteiger partial charge in [-0.05, 0) is 38.2 Å². The lowest BCUT2D eigenvalue weighted by atomic mass is 10.1. The summed E-state index contributed by atoms with van der Waals surface area (Å²) < 4.78 is 8.76. The first-order chi connectivity index (χ1) is 19.0. The molecule has 3 fully saturated rings. The first kappa shape index (κ1) is 23.9. The van der Waals surface area contributed by atoms with Crippen LogP contribution in [0.1, 0.15) is 41.4 Å². The number of nitrogens with one attached hydrogen (secondary N) is 2. The molecule has 7 rings (SSSR count). The number of pyridine rings is 1. The first-order valence-electron chi connectivity index (χ1n) is 13.3. The van der Waals surface area contributed by atoms with Crippen LogP contribution in [-0.2, 0) is 9.53 Å². The number of carbonyl (C=O) groups excluding carboxylic acids is 2. The maximum absolute atomic E-state index is 13.2. The lowest BCUT2D eigenvalue weighted by Crippen LogP contribution is -2.38. The Kier molecular flexibility index (Phi) is 5.85. The van der Waals surface area contributed by atoms with Gasteiger partial charge in [0.1, 0.15) is 0 Å². The van der Waals surface area contributed by atoms with Gasteiger partial charge >= 0.3 is 0 Å². The standard InChI is InChI=1S/C27H29N9O3/c1-16-23(5-19(7-28-16)32-26(37)13-34-10-17-2-3-20(34)4-17)33-27(38)22-8-31-36-12-24(29-9-25(22)36)18-6-30-35(11-18)21-14-39-15-21/h5-9,11-12,17,20-21H,2-4,10,13-15H2,1H3,(H,32,37)(H,33,38)/t17-,20+/m0/s1. The fourth-order valence-electron chi connectivity index (χ4n) is 5.78. The molecule has 3 aliphatic rings. The van der Waals surface area contributed by atoms with Crippen molar-refractivity contribution in [2.24, 2.45) is 5.92 Å². The third kappa shape index (κ3) is 4.55. The molecule has 6 heterocycles. The molecular formula is C27H29N9O3. The topological polar surface area (TPSA) is 132 Å². The van der Waals surface area contributed by atoms with Gasteiger partial charge in [0.05, 0.1) is 90.6 Å². The number of hydrogen-bond donors (Lipinski definition) is 2. The molecule has 200 valence electrons. The van der Waals surface area contributed by atoms with E-state index >= 15 is 0 Å². The quantitative estimate of drug-likeness (QED) is 0.375. The molecular weight excluding hydrogens is 498 g/mol. The molecule has 2 saturated heterocycles. The van der Waals surface area contributed by atoms with E-state index in [1.54, 1.807) is 35.4 Å². The van der Waals surface area contributed by atoms with E-state index in [2.05, 4.69) is 35.7 Å². The monoisotopic (exact) mass is 527 g/mol. The lowest BCUT2D eigenvalue weighted by Gasteiger charge is -2.25. The molecule has 39 heavy (non-hydrogen) atoms. The summed E-state index contributed by atoms with van der Waals surface area (Å²) in [6, 6.07) is 2.52. The molecule has 0 unspecified atom stereocenters. The summed E-state index contributed by atoms with van der Waals surface area (Å²) in [4.78, 5) is 37.1. The van der Waals surface area contributed by atoms with Crippen LogP contribution >= 0.6 is 0 Å². The van der Waals surface area contributed by atoms with Crippen LogP contribution in [0.15, 0.2) is 43.2 Å². The Balaban J connectivity index is 1.04. The number of amides is 2. The summed E-state index contributed by atoms with van der Waals surface area (Å²) in [6.07, 6.45) is 13.9. The third-order valence-corrected chi connectivity index (χ3v) is 8.03. The summed E-state index contributed by atoms with van der Waals surface area (Å²) in [7, 11) is 0. The average molecular weight is 528 g/mol. The number of anilines is 2. The fraction of sp³-hybridized carbons (Fsp3) is 0.407. The Morgan fingerprint density at radius 1 is 1.03 bits per heavy atom. The van der Waals surface area contributed by atoms with Gasteiger partial charge in [-0.1, -0.05) is 0 Å². The molecule has 2 N–H and O–H groups in total. The molecule has 4 aromatic heterocycles. The van der Waals surface area contributed by atoms with Crippen LogP contribution < -0.4 is 10.6 Å². The second-order valence-corrected chi connectivity index (χ2v) is 10.7. The SMILES string of the molecule is Cc1ncc(NC(=O)CN2C[C@H]3CC[C@@H]2C3)cc1NC(=O)c1cnn2cc(-c3cnn(C4COC4)c3)ncc12. The molecule has 2 bridgehead atoms. The minimum atomic E-state index is -0.334. The molecule has 1 saturated carbocycles. The van der Waals surface area contributed by atoms with E-state index in [1.165, 1.54) is 25.5 Å². The number of nitrogens with zero attached hydrogens (tertiary/aromatic N) is 7. The second-order valence-electron chi connectivity index (χ2n) is 10.7. The number of piperidine rings is 1. The number of likely N-dealkylation sites (tertiary alicyclic amines) is 1. The zero-order valence-corrected chi connectivity index (χ0v) is 21.6. The van der Waals surface area contributed by atoms with Crippen LogP contribution in [0.2, 0.25) is 0 Å². The van der Waals surface area contributed by atoms with Crippen LogP contribution in [0.3, 0.4) is 0 Å². The van der Waals surface area contributed by atoms with Gasteiger partial charge in [-0.2, -0.15) is 10.2 Å². The number of aryl methyl sites for hydroxylation is 1. The average Bonchev–Trinajstić information content (AvgIpc) is 3.69. The van der Waals surface area contributed by atoms with Gasteiger partial charge in [-0.3, -0.25) is 29.1 Å². The van der Waals surface area contributed by atoms with Crippen LogP contribution in [0.25, 0.3) is 16.8 Å². The van der Waals surface area contributed by atoms with E-state index in [9.17, 15) is 9.59 Å². The zero-order valence-electron chi connectivity index (χ0n) is 21.6. The lowest BCUT2D eigenvalue weighted by molar-refractivity contribution is -0.117. The molecule has 2 atom stereocenters. The molecule has 1 aliphatic carbocycles. The van der Waals surface area contributed by atoms with E-state index in [4.69, 9.17) is 4.74 Å². The smallest absolute Gasteiger partial charge is 0.259 e. The number of carbonyl (C=O) groups is 2. The Labute approximate surface area is 224 Å². The van der Waals surface area contributed by atoms with Gasteiger partial charge in [0.15, 0.2) is 0 Å². The van der Waals surface area contributed by atoms with E-state index in [0.29, 0.717) is 59.6 Å². The van der Waals surface area contributed by atoms with E-state index < -0.39 is 0 Å². The predicted molar refractivity (Wildman–Crippen MR) is 142 cm³/mol. The van der Waals surface area contributed by atoms with Gasteiger partial charge in [0, 0.05) is 24.3 Å². The summed E-state index contributed by atoms with van der Waals surface area (Å²) in [5, 5.41) is 14.6. The first-order valence-corrected chi connectivity index (χ1v) is 13.3. The third-order valence-electron chi connectivity index (χ3n) is 8.03. The highest BCUT2D eigenvalue weighted by Gasteiger charge is 2.38. The molecule has 0 aromatic carbocycles. The Bertz CT molecular complexity index is 1570. The van der Waals surface area contributed by atoms with Gasteiger partial charge in [0.25, 0.3) is 5.91 Å². The van der Waals surface area contributed by atoms with Gasteiger partial charge < -0.3 is 15.4 Å². The maximum atomic E-state index is 13.2. The molecule has 4 aromatic rings. The maximum Gasteiger partial charge on any atom is 0.259 e. The van der Waals surface area contributed by atoms with Crippen molar-refractivity contribution in [2.75, 3.05) is 36.9 Å².